The summed E-state index contributed by atoms with van der Waals surface area (Å²) in [5.41, 5.74) is 0. The van der Waals surface area contributed by atoms with Crippen molar-refractivity contribution >= 4 is 0 Å². The Balaban J connectivity index is 2.77. The molecule has 0 atom stereocenters. The van der Waals surface area contributed by atoms with Crippen LogP contribution in [0.25, 0.3) is 0 Å². The van der Waals surface area contributed by atoms with Crippen molar-refractivity contribution in [1.82, 2.24) is 5.32 Å². The van der Waals surface area contributed by atoms with E-state index in [1.54, 1.807) is 0 Å². The molecule has 0 aromatic heterocycles. The van der Waals surface area contributed by atoms with Gasteiger partial charge < -0.3 is 10.1 Å². The fraction of sp³-hybridized carbons (Fsp3) is 1.00. The summed E-state index contributed by atoms with van der Waals surface area (Å²) in [5, 5.41) is 3.27. The highest BCUT2D eigenvalue weighted by atomic mass is 16.5. The molecule has 0 rings (SSSR count). The molecular weight excluding hydrogens is 126 g/mol. The van der Waals surface area contributed by atoms with Gasteiger partial charge in [-0.05, 0) is 26.8 Å². The molecule has 0 aliphatic heterocycles. The summed E-state index contributed by atoms with van der Waals surface area (Å²) in [6, 6.07) is 0. The lowest BCUT2D eigenvalue weighted by atomic mass is 10.4. The molecule has 0 bridgehead atoms. The standard InChI is InChI=1S/C8H19NO/c1-4-5-9-6-7-10-8(2)3/h8-9H,4-7H2,1-3H3. The molecule has 0 aromatic rings. The van der Waals surface area contributed by atoms with E-state index < -0.39 is 0 Å². The van der Waals surface area contributed by atoms with Crippen LogP contribution in [0, 0.1) is 0 Å². The van der Waals surface area contributed by atoms with E-state index in [2.05, 4.69) is 26.1 Å². The van der Waals surface area contributed by atoms with E-state index in [4.69, 9.17) is 4.74 Å². The van der Waals surface area contributed by atoms with E-state index in [0.29, 0.717) is 6.10 Å². The van der Waals surface area contributed by atoms with Gasteiger partial charge in [-0.1, -0.05) is 6.92 Å². The Bertz CT molecular complexity index is 64.3. The number of rotatable bonds is 6. The lowest BCUT2D eigenvalue weighted by Crippen LogP contribution is -2.21. The van der Waals surface area contributed by atoms with Crippen LogP contribution in [0.4, 0.5) is 0 Å². The van der Waals surface area contributed by atoms with Crippen molar-refractivity contribution < 1.29 is 4.74 Å². The second kappa shape index (κ2) is 7.03. The normalized spacial score (nSPS) is 10.8. The monoisotopic (exact) mass is 145 g/mol. The van der Waals surface area contributed by atoms with Gasteiger partial charge in [0, 0.05) is 6.54 Å². The van der Waals surface area contributed by atoms with Crippen LogP contribution in [0.2, 0.25) is 0 Å². The lowest BCUT2D eigenvalue weighted by Gasteiger charge is -2.07. The van der Waals surface area contributed by atoms with Gasteiger partial charge in [0.1, 0.15) is 0 Å². The highest BCUT2D eigenvalue weighted by Crippen LogP contribution is 1.84. The van der Waals surface area contributed by atoms with Crippen LogP contribution in [-0.4, -0.2) is 25.8 Å². The molecule has 0 spiro atoms. The molecule has 0 unspecified atom stereocenters. The summed E-state index contributed by atoms with van der Waals surface area (Å²) >= 11 is 0. The first kappa shape index (κ1) is 9.92. The smallest absolute Gasteiger partial charge is 0.0594 e. The summed E-state index contributed by atoms with van der Waals surface area (Å²) in [5.74, 6) is 0. The summed E-state index contributed by atoms with van der Waals surface area (Å²) in [6.07, 6.45) is 1.56. The molecular formula is C8H19NO. The minimum Gasteiger partial charge on any atom is -0.377 e. The van der Waals surface area contributed by atoms with Gasteiger partial charge in [-0.2, -0.15) is 0 Å². The summed E-state index contributed by atoms with van der Waals surface area (Å²) in [6.45, 7) is 9.18. The van der Waals surface area contributed by atoms with Gasteiger partial charge in [-0.15, -0.1) is 0 Å². The third kappa shape index (κ3) is 7.92. The predicted molar refractivity (Wildman–Crippen MR) is 44.2 cm³/mol. The first-order valence-corrected chi connectivity index (χ1v) is 4.09. The molecule has 2 heteroatoms. The van der Waals surface area contributed by atoms with Crippen LogP contribution in [0.5, 0.6) is 0 Å². The third-order valence-corrected chi connectivity index (χ3v) is 1.16. The molecule has 10 heavy (non-hydrogen) atoms. The molecule has 0 aliphatic carbocycles. The highest BCUT2D eigenvalue weighted by Gasteiger charge is 1.90. The molecule has 0 amide bonds. The Morgan fingerprint density at radius 3 is 2.50 bits per heavy atom. The minimum absolute atomic E-state index is 0.364. The Kier molecular flexibility index (Phi) is 6.98. The van der Waals surface area contributed by atoms with Gasteiger partial charge in [-0.25, -0.2) is 0 Å². The maximum atomic E-state index is 5.33. The Hall–Kier alpha value is -0.0800. The van der Waals surface area contributed by atoms with Crippen LogP contribution >= 0.6 is 0 Å². The average molecular weight is 145 g/mol. The van der Waals surface area contributed by atoms with Gasteiger partial charge in [-0.3, -0.25) is 0 Å². The van der Waals surface area contributed by atoms with E-state index >= 15 is 0 Å². The molecule has 2 nitrogen and oxygen atoms in total. The van der Waals surface area contributed by atoms with Crippen LogP contribution < -0.4 is 5.32 Å². The largest absolute Gasteiger partial charge is 0.377 e. The Labute approximate surface area is 64.0 Å². The van der Waals surface area contributed by atoms with Gasteiger partial charge >= 0.3 is 0 Å². The molecule has 0 fully saturated rings. The van der Waals surface area contributed by atoms with Crippen molar-refractivity contribution in [2.75, 3.05) is 19.7 Å². The predicted octanol–water partition coefficient (Wildman–Crippen LogP) is 1.41. The van der Waals surface area contributed by atoms with Crippen molar-refractivity contribution in [3.05, 3.63) is 0 Å². The zero-order chi connectivity index (χ0) is 7.82. The zero-order valence-electron chi connectivity index (χ0n) is 7.31. The van der Waals surface area contributed by atoms with Crippen LogP contribution in [0.1, 0.15) is 27.2 Å². The van der Waals surface area contributed by atoms with Crippen molar-refractivity contribution in [2.24, 2.45) is 0 Å². The van der Waals surface area contributed by atoms with E-state index in [9.17, 15) is 0 Å². The molecule has 0 saturated carbocycles. The third-order valence-electron chi connectivity index (χ3n) is 1.16. The average Bonchev–Trinajstić information content (AvgIpc) is 1.87. The van der Waals surface area contributed by atoms with E-state index in [1.165, 1.54) is 6.42 Å². The van der Waals surface area contributed by atoms with Crippen molar-refractivity contribution in [2.45, 2.75) is 33.3 Å². The number of nitrogens with one attached hydrogen (secondary N) is 1. The maximum absolute atomic E-state index is 5.33. The van der Waals surface area contributed by atoms with Crippen LogP contribution in [0.15, 0.2) is 0 Å². The van der Waals surface area contributed by atoms with Crippen LogP contribution in [-0.2, 0) is 4.74 Å². The molecule has 0 aromatic carbocycles. The number of hydrogen-bond donors (Lipinski definition) is 1. The summed E-state index contributed by atoms with van der Waals surface area (Å²) < 4.78 is 5.33. The Morgan fingerprint density at radius 1 is 1.30 bits per heavy atom. The lowest BCUT2D eigenvalue weighted by molar-refractivity contribution is 0.0809. The summed E-state index contributed by atoms with van der Waals surface area (Å²) in [4.78, 5) is 0. The molecule has 0 heterocycles. The van der Waals surface area contributed by atoms with Crippen molar-refractivity contribution in [1.29, 1.82) is 0 Å². The topological polar surface area (TPSA) is 21.3 Å². The molecule has 0 radical (unpaired) electrons. The highest BCUT2D eigenvalue weighted by molar-refractivity contribution is 4.44. The fourth-order valence-electron chi connectivity index (χ4n) is 0.669. The zero-order valence-corrected chi connectivity index (χ0v) is 7.31. The van der Waals surface area contributed by atoms with Crippen molar-refractivity contribution in [3.8, 4) is 0 Å². The first-order chi connectivity index (χ1) is 4.77. The van der Waals surface area contributed by atoms with Gasteiger partial charge in [0.25, 0.3) is 0 Å². The van der Waals surface area contributed by atoms with Gasteiger partial charge in [0.05, 0.1) is 12.7 Å². The van der Waals surface area contributed by atoms with Gasteiger partial charge in [0.15, 0.2) is 0 Å². The maximum Gasteiger partial charge on any atom is 0.0594 e. The van der Waals surface area contributed by atoms with Gasteiger partial charge in [0.2, 0.25) is 0 Å². The number of hydrogen-bond acceptors (Lipinski definition) is 2. The second-order valence-corrected chi connectivity index (χ2v) is 2.67. The quantitative estimate of drug-likeness (QED) is 0.571. The van der Waals surface area contributed by atoms with Crippen LogP contribution in [0.3, 0.4) is 0 Å². The number of ether oxygens (including phenoxy) is 1. The molecule has 62 valence electrons. The fourth-order valence-corrected chi connectivity index (χ4v) is 0.669. The SMILES string of the molecule is CCCNCCOC(C)C. The van der Waals surface area contributed by atoms with E-state index in [1.807, 2.05) is 0 Å². The molecule has 0 aliphatic rings. The molecule has 0 saturated heterocycles. The van der Waals surface area contributed by atoms with E-state index in [-0.39, 0.29) is 0 Å². The molecule has 1 N–H and O–H groups in total. The van der Waals surface area contributed by atoms with E-state index in [0.717, 1.165) is 19.7 Å². The first-order valence-electron chi connectivity index (χ1n) is 4.09. The Morgan fingerprint density at radius 2 is 2.00 bits per heavy atom. The minimum atomic E-state index is 0.364. The summed E-state index contributed by atoms with van der Waals surface area (Å²) in [7, 11) is 0. The van der Waals surface area contributed by atoms with Crippen molar-refractivity contribution in [3.63, 3.8) is 0 Å². The second-order valence-electron chi connectivity index (χ2n) is 2.67.